The summed E-state index contributed by atoms with van der Waals surface area (Å²) in [6.45, 7) is 5.84. The molecule has 1 fully saturated rings. The first kappa shape index (κ1) is 17.6. The molecule has 0 radical (unpaired) electrons. The molecular formula is C22H19NO3S. The lowest BCUT2D eigenvalue weighted by atomic mass is 10.0. The molecule has 136 valence electrons. The average molecular weight is 377 g/mol. The van der Waals surface area contributed by atoms with Crippen LogP contribution in [0.4, 0.5) is 0 Å². The smallest absolute Gasteiger partial charge is 0.356 e. The highest BCUT2D eigenvalue weighted by molar-refractivity contribution is 8.04. The van der Waals surface area contributed by atoms with E-state index in [1.54, 1.807) is 4.90 Å². The van der Waals surface area contributed by atoms with E-state index in [-0.39, 0.29) is 11.3 Å². The molecule has 0 aliphatic carbocycles. The third kappa shape index (κ3) is 3.19. The second-order valence-corrected chi connectivity index (χ2v) is 7.82. The molecule has 0 N–H and O–H groups in total. The van der Waals surface area contributed by atoms with E-state index in [9.17, 15) is 9.59 Å². The molecule has 27 heavy (non-hydrogen) atoms. The lowest BCUT2D eigenvalue weighted by Crippen LogP contribution is -2.53. The number of benzene rings is 2. The topological polar surface area (TPSA) is 46.6 Å². The summed E-state index contributed by atoms with van der Waals surface area (Å²) in [5.41, 5.74) is 2.78. The summed E-state index contributed by atoms with van der Waals surface area (Å²) in [6, 6.07) is 19.2. The number of ether oxygens (including phenoxy) is 1. The maximum absolute atomic E-state index is 13.1. The van der Waals surface area contributed by atoms with Gasteiger partial charge in [-0.1, -0.05) is 67.2 Å². The van der Waals surface area contributed by atoms with Gasteiger partial charge in [0.2, 0.25) is 5.91 Å². The van der Waals surface area contributed by atoms with Gasteiger partial charge in [0.05, 0.1) is 11.8 Å². The van der Waals surface area contributed by atoms with Crippen molar-refractivity contribution in [2.75, 3.05) is 0 Å². The summed E-state index contributed by atoms with van der Waals surface area (Å²) < 4.78 is 5.94. The van der Waals surface area contributed by atoms with Crippen molar-refractivity contribution in [2.45, 2.75) is 24.8 Å². The second kappa shape index (κ2) is 7.08. The Labute approximate surface area is 162 Å². The Kier molecular flexibility index (Phi) is 4.62. The Hall–Kier alpha value is -2.79. The Bertz CT molecular complexity index is 897. The molecule has 2 aliphatic heterocycles. The molecule has 0 unspecified atom stereocenters. The fraction of sp³-hybridized carbons (Fsp3) is 0.182. The molecule has 0 bridgehead atoms. The van der Waals surface area contributed by atoms with Crippen LogP contribution >= 0.6 is 11.8 Å². The highest BCUT2D eigenvalue weighted by Gasteiger charge is 2.46. The summed E-state index contributed by atoms with van der Waals surface area (Å²) in [4.78, 5) is 27.6. The number of hydrogen-bond donors (Lipinski definition) is 0. The number of rotatable bonds is 4. The molecule has 1 atom stereocenters. The number of amides is 1. The van der Waals surface area contributed by atoms with Gasteiger partial charge in [-0.3, -0.25) is 9.69 Å². The zero-order chi connectivity index (χ0) is 19.0. The SMILES string of the molecule is C=C1S[C@H]2CC(=O)N2C(C(=O)OC(c2ccccc2)c2ccccc2)=C1C. The molecule has 5 heteroatoms. The Morgan fingerprint density at radius 2 is 1.67 bits per heavy atom. The van der Waals surface area contributed by atoms with Crippen LogP contribution in [-0.4, -0.2) is 22.2 Å². The summed E-state index contributed by atoms with van der Waals surface area (Å²) in [6.07, 6.45) is -0.118. The van der Waals surface area contributed by atoms with E-state index in [4.69, 9.17) is 4.74 Å². The van der Waals surface area contributed by atoms with Crippen molar-refractivity contribution in [3.63, 3.8) is 0 Å². The number of nitrogens with zero attached hydrogens (tertiary/aromatic N) is 1. The van der Waals surface area contributed by atoms with E-state index < -0.39 is 12.1 Å². The summed E-state index contributed by atoms with van der Waals surface area (Å²) >= 11 is 1.53. The molecule has 4 nitrogen and oxygen atoms in total. The van der Waals surface area contributed by atoms with Gasteiger partial charge in [0.1, 0.15) is 5.70 Å². The first-order valence-corrected chi connectivity index (χ1v) is 9.64. The zero-order valence-corrected chi connectivity index (χ0v) is 15.7. The highest BCUT2D eigenvalue weighted by atomic mass is 32.2. The molecule has 4 rings (SSSR count). The molecule has 2 aliphatic rings. The van der Waals surface area contributed by atoms with Crippen LogP contribution in [0.5, 0.6) is 0 Å². The van der Waals surface area contributed by atoms with Gasteiger partial charge in [0.25, 0.3) is 0 Å². The summed E-state index contributed by atoms with van der Waals surface area (Å²) in [5.74, 6) is -0.549. The van der Waals surface area contributed by atoms with Crippen molar-refractivity contribution in [2.24, 2.45) is 0 Å². The average Bonchev–Trinajstić information content (AvgIpc) is 2.69. The summed E-state index contributed by atoms with van der Waals surface area (Å²) in [5, 5.41) is -0.0526. The fourth-order valence-electron chi connectivity index (χ4n) is 3.31. The van der Waals surface area contributed by atoms with E-state index in [1.165, 1.54) is 11.8 Å². The van der Waals surface area contributed by atoms with Gasteiger partial charge in [-0.2, -0.15) is 0 Å². The van der Waals surface area contributed by atoms with Crippen molar-refractivity contribution in [3.8, 4) is 0 Å². The molecular weight excluding hydrogens is 358 g/mol. The number of fused-ring (bicyclic) bond motifs is 1. The van der Waals surface area contributed by atoms with Crippen molar-refractivity contribution in [1.29, 1.82) is 0 Å². The summed E-state index contributed by atoms with van der Waals surface area (Å²) in [7, 11) is 0. The highest BCUT2D eigenvalue weighted by Crippen LogP contribution is 2.46. The van der Waals surface area contributed by atoms with Gasteiger partial charge in [-0.15, -0.1) is 11.8 Å². The lowest BCUT2D eigenvalue weighted by molar-refractivity contribution is -0.151. The molecule has 2 aromatic rings. The maximum Gasteiger partial charge on any atom is 0.356 e. The number of β-lactam (4-membered cyclic amide) rings is 1. The number of carbonyl (C=O) groups is 2. The van der Waals surface area contributed by atoms with Gasteiger partial charge in [-0.25, -0.2) is 4.79 Å². The van der Waals surface area contributed by atoms with Crippen LogP contribution in [0.3, 0.4) is 0 Å². The monoisotopic (exact) mass is 377 g/mol. The lowest BCUT2D eigenvalue weighted by Gasteiger charge is -2.44. The maximum atomic E-state index is 13.1. The Morgan fingerprint density at radius 3 is 2.19 bits per heavy atom. The number of esters is 1. The van der Waals surface area contributed by atoms with E-state index in [0.717, 1.165) is 16.0 Å². The number of thioether (sulfide) groups is 1. The number of carbonyl (C=O) groups excluding carboxylic acids is 2. The standard InChI is InChI=1S/C22H19NO3S/c1-14-15(2)27-19-13-18(24)23(19)20(14)22(25)26-21(16-9-5-3-6-10-16)17-11-7-4-8-12-17/h3-12,19,21H,2,13H2,1H3/t19-/m0/s1. The number of hydrogen-bond acceptors (Lipinski definition) is 4. The Morgan fingerprint density at radius 1 is 1.11 bits per heavy atom. The first-order valence-electron chi connectivity index (χ1n) is 8.76. The normalized spacial score (nSPS) is 19.0. The quantitative estimate of drug-likeness (QED) is 0.585. The third-order valence-corrected chi connectivity index (χ3v) is 6.06. The van der Waals surface area contributed by atoms with E-state index >= 15 is 0 Å². The first-order chi connectivity index (χ1) is 13.1. The predicted octanol–water partition coefficient (Wildman–Crippen LogP) is 4.41. The van der Waals surface area contributed by atoms with Crippen LogP contribution in [-0.2, 0) is 14.3 Å². The molecule has 0 aromatic heterocycles. The van der Waals surface area contributed by atoms with Crippen LogP contribution in [0.25, 0.3) is 0 Å². The van der Waals surface area contributed by atoms with Crippen molar-refractivity contribution in [3.05, 3.63) is 94.5 Å². The minimum absolute atomic E-state index is 0.0526. The van der Waals surface area contributed by atoms with Gasteiger partial charge >= 0.3 is 5.97 Å². The molecule has 1 saturated heterocycles. The van der Waals surface area contributed by atoms with Gasteiger partial charge in [0, 0.05) is 4.91 Å². The van der Waals surface area contributed by atoms with E-state index in [1.807, 2.05) is 67.6 Å². The van der Waals surface area contributed by atoms with E-state index in [0.29, 0.717) is 17.7 Å². The fourth-order valence-corrected chi connectivity index (χ4v) is 4.47. The van der Waals surface area contributed by atoms with Crippen molar-refractivity contribution in [1.82, 2.24) is 4.90 Å². The zero-order valence-electron chi connectivity index (χ0n) is 14.9. The van der Waals surface area contributed by atoms with Crippen molar-refractivity contribution < 1.29 is 14.3 Å². The molecule has 0 saturated carbocycles. The minimum Gasteiger partial charge on any atom is -0.448 e. The third-order valence-electron chi connectivity index (χ3n) is 4.82. The van der Waals surface area contributed by atoms with Gasteiger partial charge < -0.3 is 4.74 Å². The Balaban J connectivity index is 1.69. The number of allylic oxidation sites excluding steroid dienone is 1. The van der Waals surface area contributed by atoms with Gasteiger partial charge in [0.15, 0.2) is 6.10 Å². The van der Waals surface area contributed by atoms with Crippen LogP contribution in [0.15, 0.2) is 83.4 Å². The molecule has 2 aromatic carbocycles. The van der Waals surface area contributed by atoms with Crippen molar-refractivity contribution >= 4 is 23.6 Å². The minimum atomic E-state index is -0.544. The second-order valence-electron chi connectivity index (χ2n) is 6.54. The van der Waals surface area contributed by atoms with Crippen LogP contribution < -0.4 is 0 Å². The van der Waals surface area contributed by atoms with Crippen LogP contribution in [0, 0.1) is 0 Å². The van der Waals surface area contributed by atoms with Crippen LogP contribution in [0.1, 0.15) is 30.6 Å². The molecule has 1 amide bonds. The predicted molar refractivity (Wildman–Crippen MR) is 106 cm³/mol. The molecule has 0 spiro atoms. The van der Waals surface area contributed by atoms with Crippen LogP contribution in [0.2, 0.25) is 0 Å². The van der Waals surface area contributed by atoms with E-state index in [2.05, 4.69) is 6.58 Å². The largest absolute Gasteiger partial charge is 0.448 e. The molecule has 2 heterocycles. The van der Waals surface area contributed by atoms with Gasteiger partial charge in [-0.05, 0) is 23.6 Å².